The van der Waals surface area contributed by atoms with Gasteiger partial charge in [0.25, 0.3) is 0 Å². The Bertz CT molecular complexity index is 357. The summed E-state index contributed by atoms with van der Waals surface area (Å²) in [5.41, 5.74) is 1.14. The van der Waals surface area contributed by atoms with Crippen LogP contribution in [0.1, 0.15) is 18.9 Å². The minimum atomic E-state index is -0.246. The number of hydrogen-bond acceptors (Lipinski definition) is 3. The topological polar surface area (TPSA) is 35.5 Å². The standard InChI is InChI=1S/C14H18O3/c1-12(11-14(15)16-2)17-10-6-9-13-7-4-3-5-8-13/h3-9,12H,10-11H2,1-2H3/b9-6+. The Hall–Kier alpha value is -1.61. The fourth-order valence-electron chi connectivity index (χ4n) is 1.35. The second kappa shape index (κ2) is 7.63. The third-order valence-electron chi connectivity index (χ3n) is 2.27. The van der Waals surface area contributed by atoms with Gasteiger partial charge in [0.1, 0.15) is 0 Å². The molecule has 0 bridgehead atoms. The summed E-state index contributed by atoms with van der Waals surface area (Å²) in [5.74, 6) is -0.246. The molecule has 0 aliphatic heterocycles. The Morgan fingerprint density at radius 2 is 2.06 bits per heavy atom. The lowest BCUT2D eigenvalue weighted by atomic mass is 10.2. The molecule has 0 radical (unpaired) electrons. The third-order valence-corrected chi connectivity index (χ3v) is 2.27. The number of hydrogen-bond donors (Lipinski definition) is 0. The van der Waals surface area contributed by atoms with E-state index in [2.05, 4.69) is 4.74 Å². The lowest BCUT2D eigenvalue weighted by Gasteiger charge is -2.09. The number of ether oxygens (including phenoxy) is 2. The van der Waals surface area contributed by atoms with E-state index in [-0.39, 0.29) is 18.5 Å². The van der Waals surface area contributed by atoms with Gasteiger partial charge in [0.15, 0.2) is 0 Å². The smallest absolute Gasteiger partial charge is 0.308 e. The van der Waals surface area contributed by atoms with E-state index in [4.69, 9.17) is 4.74 Å². The molecule has 0 aliphatic carbocycles. The van der Waals surface area contributed by atoms with E-state index in [1.165, 1.54) is 7.11 Å². The van der Waals surface area contributed by atoms with Crippen molar-refractivity contribution in [3.8, 4) is 0 Å². The summed E-state index contributed by atoms with van der Waals surface area (Å²) in [6.07, 6.45) is 4.09. The Morgan fingerprint density at radius 3 is 2.71 bits per heavy atom. The lowest BCUT2D eigenvalue weighted by molar-refractivity contribution is -0.143. The van der Waals surface area contributed by atoms with E-state index < -0.39 is 0 Å². The first-order chi connectivity index (χ1) is 8.22. The maximum absolute atomic E-state index is 11.0. The molecule has 1 aromatic carbocycles. The molecule has 1 atom stereocenters. The number of carbonyl (C=O) groups excluding carboxylic acids is 1. The molecule has 3 heteroatoms. The zero-order valence-corrected chi connectivity index (χ0v) is 10.3. The fraction of sp³-hybridized carbons (Fsp3) is 0.357. The Labute approximate surface area is 102 Å². The first-order valence-electron chi connectivity index (χ1n) is 5.62. The zero-order valence-electron chi connectivity index (χ0n) is 10.3. The fourth-order valence-corrected chi connectivity index (χ4v) is 1.35. The molecule has 0 aromatic heterocycles. The molecule has 0 saturated carbocycles. The number of benzene rings is 1. The average Bonchev–Trinajstić information content (AvgIpc) is 2.36. The molecule has 0 amide bonds. The predicted molar refractivity (Wildman–Crippen MR) is 67.5 cm³/mol. The molecule has 17 heavy (non-hydrogen) atoms. The van der Waals surface area contributed by atoms with Crippen LogP contribution in [-0.4, -0.2) is 25.8 Å². The summed E-state index contributed by atoms with van der Waals surface area (Å²) in [4.78, 5) is 11.0. The Morgan fingerprint density at radius 1 is 1.35 bits per heavy atom. The highest BCUT2D eigenvalue weighted by Crippen LogP contribution is 2.02. The van der Waals surface area contributed by atoms with E-state index in [0.29, 0.717) is 6.61 Å². The summed E-state index contributed by atoms with van der Waals surface area (Å²) in [6.45, 7) is 2.35. The van der Waals surface area contributed by atoms with Gasteiger partial charge in [-0.15, -0.1) is 0 Å². The Kier molecular flexibility index (Phi) is 6.04. The first kappa shape index (κ1) is 13.5. The molecule has 0 fully saturated rings. The first-order valence-corrected chi connectivity index (χ1v) is 5.62. The molecule has 0 spiro atoms. The van der Waals surface area contributed by atoms with Crippen LogP contribution in [0.3, 0.4) is 0 Å². The van der Waals surface area contributed by atoms with Crippen LogP contribution in [0.25, 0.3) is 6.08 Å². The molecule has 1 unspecified atom stereocenters. The molecular formula is C14H18O3. The van der Waals surface area contributed by atoms with E-state index in [0.717, 1.165) is 5.56 Å². The van der Waals surface area contributed by atoms with Crippen LogP contribution in [0.2, 0.25) is 0 Å². The molecule has 0 heterocycles. The van der Waals surface area contributed by atoms with Gasteiger partial charge in [-0.3, -0.25) is 4.79 Å². The van der Waals surface area contributed by atoms with Crippen LogP contribution in [0.5, 0.6) is 0 Å². The van der Waals surface area contributed by atoms with Crippen LogP contribution in [-0.2, 0) is 14.3 Å². The van der Waals surface area contributed by atoms with Gasteiger partial charge < -0.3 is 9.47 Å². The summed E-state index contributed by atoms with van der Waals surface area (Å²) in [7, 11) is 1.38. The van der Waals surface area contributed by atoms with Crippen LogP contribution in [0.4, 0.5) is 0 Å². The summed E-state index contributed by atoms with van der Waals surface area (Å²) >= 11 is 0. The summed E-state index contributed by atoms with van der Waals surface area (Å²) in [6, 6.07) is 10.00. The second-order valence-electron chi connectivity index (χ2n) is 3.74. The van der Waals surface area contributed by atoms with Crippen molar-refractivity contribution in [1.82, 2.24) is 0 Å². The van der Waals surface area contributed by atoms with Crippen molar-refractivity contribution in [3.05, 3.63) is 42.0 Å². The van der Waals surface area contributed by atoms with E-state index in [9.17, 15) is 4.79 Å². The van der Waals surface area contributed by atoms with Gasteiger partial charge >= 0.3 is 5.97 Å². The quantitative estimate of drug-likeness (QED) is 0.710. The normalized spacial score (nSPS) is 12.6. The average molecular weight is 234 g/mol. The zero-order chi connectivity index (χ0) is 12.5. The molecule has 0 saturated heterocycles. The molecular weight excluding hydrogens is 216 g/mol. The number of rotatable bonds is 6. The van der Waals surface area contributed by atoms with Crippen molar-refractivity contribution in [2.75, 3.05) is 13.7 Å². The minimum Gasteiger partial charge on any atom is -0.469 e. The van der Waals surface area contributed by atoms with Crippen molar-refractivity contribution in [2.45, 2.75) is 19.4 Å². The van der Waals surface area contributed by atoms with Crippen molar-refractivity contribution in [2.24, 2.45) is 0 Å². The lowest BCUT2D eigenvalue weighted by Crippen LogP contribution is -2.15. The molecule has 0 aliphatic rings. The van der Waals surface area contributed by atoms with Crippen molar-refractivity contribution < 1.29 is 14.3 Å². The molecule has 1 rings (SSSR count). The highest BCUT2D eigenvalue weighted by atomic mass is 16.5. The van der Waals surface area contributed by atoms with Gasteiger partial charge in [-0.05, 0) is 12.5 Å². The SMILES string of the molecule is COC(=O)CC(C)OC/C=C/c1ccccc1. The van der Waals surface area contributed by atoms with Crippen LogP contribution in [0, 0.1) is 0 Å². The number of esters is 1. The van der Waals surface area contributed by atoms with Gasteiger partial charge in [0, 0.05) is 0 Å². The monoisotopic (exact) mass is 234 g/mol. The maximum Gasteiger partial charge on any atom is 0.308 e. The van der Waals surface area contributed by atoms with Crippen LogP contribution >= 0.6 is 0 Å². The van der Waals surface area contributed by atoms with Gasteiger partial charge in [0.05, 0.1) is 26.2 Å². The Balaban J connectivity index is 2.23. The molecule has 3 nitrogen and oxygen atoms in total. The summed E-state index contributed by atoms with van der Waals surface area (Å²) < 4.78 is 10.0. The van der Waals surface area contributed by atoms with Crippen LogP contribution in [0.15, 0.2) is 36.4 Å². The van der Waals surface area contributed by atoms with E-state index in [1.807, 2.05) is 49.4 Å². The van der Waals surface area contributed by atoms with Gasteiger partial charge in [-0.2, -0.15) is 0 Å². The van der Waals surface area contributed by atoms with Gasteiger partial charge in [-0.1, -0.05) is 42.5 Å². The van der Waals surface area contributed by atoms with Crippen molar-refractivity contribution >= 4 is 12.0 Å². The largest absolute Gasteiger partial charge is 0.469 e. The second-order valence-corrected chi connectivity index (χ2v) is 3.74. The molecule has 92 valence electrons. The van der Waals surface area contributed by atoms with Crippen LogP contribution < -0.4 is 0 Å². The third kappa shape index (κ3) is 5.88. The number of carbonyl (C=O) groups is 1. The minimum absolute atomic E-state index is 0.122. The maximum atomic E-state index is 11.0. The van der Waals surface area contributed by atoms with Crippen molar-refractivity contribution in [3.63, 3.8) is 0 Å². The van der Waals surface area contributed by atoms with E-state index in [1.54, 1.807) is 0 Å². The van der Waals surface area contributed by atoms with Crippen molar-refractivity contribution in [1.29, 1.82) is 0 Å². The highest BCUT2D eigenvalue weighted by molar-refractivity contribution is 5.69. The summed E-state index contributed by atoms with van der Waals surface area (Å²) in [5, 5.41) is 0. The molecule has 0 N–H and O–H groups in total. The highest BCUT2D eigenvalue weighted by Gasteiger charge is 2.07. The predicted octanol–water partition coefficient (Wildman–Crippen LogP) is 2.67. The van der Waals surface area contributed by atoms with Gasteiger partial charge in [0.2, 0.25) is 0 Å². The molecule has 1 aromatic rings. The number of methoxy groups -OCH3 is 1. The van der Waals surface area contributed by atoms with E-state index >= 15 is 0 Å². The van der Waals surface area contributed by atoms with Gasteiger partial charge in [-0.25, -0.2) is 0 Å².